The number of nitrogens with zero attached hydrogens (tertiary/aromatic N) is 1. The molecule has 4 nitrogen and oxygen atoms in total. The minimum atomic E-state index is -0.858. The molecule has 0 heterocycles. The van der Waals surface area contributed by atoms with Gasteiger partial charge in [0.15, 0.2) is 0 Å². The van der Waals surface area contributed by atoms with Crippen LogP contribution in [0.3, 0.4) is 0 Å². The molecule has 2 rings (SSSR count). The van der Waals surface area contributed by atoms with Crippen LogP contribution in [0.1, 0.15) is 23.2 Å². The van der Waals surface area contributed by atoms with Crippen molar-refractivity contribution >= 4 is 23.4 Å². The van der Waals surface area contributed by atoms with E-state index in [9.17, 15) is 9.90 Å². The van der Waals surface area contributed by atoms with Crippen LogP contribution in [0.15, 0.2) is 23.1 Å². The molecule has 0 aliphatic heterocycles. The Morgan fingerprint density at radius 2 is 2.26 bits per heavy atom. The first-order valence-corrected chi connectivity index (χ1v) is 7.57. The molecule has 0 atom stereocenters. The van der Waals surface area contributed by atoms with Gasteiger partial charge in [-0.3, -0.25) is 0 Å². The van der Waals surface area contributed by atoms with E-state index in [2.05, 4.69) is 4.90 Å². The van der Waals surface area contributed by atoms with Crippen molar-refractivity contribution in [2.75, 3.05) is 31.4 Å². The summed E-state index contributed by atoms with van der Waals surface area (Å²) in [4.78, 5) is 14.5. The standard InChI is InChI=1S/C14H19NO3S/c1-18-9-8-15(10-6-7-10)11-4-3-5-12(19-2)13(11)14(16)17/h3-5,10H,6-9H2,1-2H3,(H,16,17). The lowest BCUT2D eigenvalue weighted by Crippen LogP contribution is -2.31. The number of hydrogen-bond acceptors (Lipinski definition) is 4. The minimum absolute atomic E-state index is 0.415. The maximum absolute atomic E-state index is 11.6. The summed E-state index contributed by atoms with van der Waals surface area (Å²) in [5.41, 5.74) is 1.23. The molecule has 1 aliphatic carbocycles. The van der Waals surface area contributed by atoms with E-state index in [-0.39, 0.29) is 0 Å². The molecule has 5 heteroatoms. The molecule has 0 radical (unpaired) electrons. The van der Waals surface area contributed by atoms with E-state index >= 15 is 0 Å². The third-order valence-electron chi connectivity index (χ3n) is 3.27. The number of benzene rings is 1. The summed E-state index contributed by atoms with van der Waals surface area (Å²) in [6, 6.07) is 6.15. The van der Waals surface area contributed by atoms with E-state index in [0.29, 0.717) is 18.2 Å². The average molecular weight is 281 g/mol. The molecule has 0 unspecified atom stereocenters. The summed E-state index contributed by atoms with van der Waals surface area (Å²) in [5, 5.41) is 9.48. The van der Waals surface area contributed by atoms with Gasteiger partial charge in [-0.15, -0.1) is 11.8 Å². The highest BCUT2D eigenvalue weighted by Crippen LogP contribution is 2.36. The van der Waals surface area contributed by atoms with Crippen molar-refractivity contribution < 1.29 is 14.6 Å². The summed E-state index contributed by atoms with van der Waals surface area (Å²) in [6.45, 7) is 1.35. The van der Waals surface area contributed by atoms with Gasteiger partial charge in [0.1, 0.15) is 0 Å². The van der Waals surface area contributed by atoms with Gasteiger partial charge in [-0.2, -0.15) is 0 Å². The highest BCUT2D eigenvalue weighted by molar-refractivity contribution is 7.98. The van der Waals surface area contributed by atoms with Gasteiger partial charge >= 0.3 is 5.97 Å². The molecular formula is C14H19NO3S. The summed E-state index contributed by atoms with van der Waals surface area (Å²) >= 11 is 1.47. The minimum Gasteiger partial charge on any atom is -0.478 e. The van der Waals surface area contributed by atoms with E-state index in [1.807, 2.05) is 24.5 Å². The second kappa shape index (κ2) is 6.30. The molecule has 1 fully saturated rings. The van der Waals surface area contributed by atoms with Crippen molar-refractivity contribution in [1.29, 1.82) is 0 Å². The average Bonchev–Trinajstić information content (AvgIpc) is 3.23. The largest absolute Gasteiger partial charge is 0.478 e. The smallest absolute Gasteiger partial charge is 0.338 e. The summed E-state index contributed by atoms with van der Waals surface area (Å²) in [5.74, 6) is -0.858. The van der Waals surface area contributed by atoms with Crippen LogP contribution in [0.2, 0.25) is 0 Å². The Labute approximate surface area is 117 Å². The molecule has 0 bridgehead atoms. The third kappa shape index (κ3) is 3.22. The molecule has 1 saturated carbocycles. The van der Waals surface area contributed by atoms with Crippen molar-refractivity contribution in [1.82, 2.24) is 0 Å². The van der Waals surface area contributed by atoms with Gasteiger partial charge in [-0.1, -0.05) is 6.07 Å². The van der Waals surface area contributed by atoms with Gasteiger partial charge < -0.3 is 14.7 Å². The van der Waals surface area contributed by atoms with E-state index in [1.54, 1.807) is 7.11 Å². The van der Waals surface area contributed by atoms with E-state index in [1.165, 1.54) is 11.8 Å². The lowest BCUT2D eigenvalue weighted by molar-refractivity contribution is 0.0693. The fraction of sp³-hybridized carbons (Fsp3) is 0.500. The number of rotatable bonds is 7. The molecule has 1 aromatic carbocycles. The van der Waals surface area contributed by atoms with Crippen LogP contribution in [0.5, 0.6) is 0 Å². The highest BCUT2D eigenvalue weighted by atomic mass is 32.2. The topological polar surface area (TPSA) is 49.8 Å². The quantitative estimate of drug-likeness (QED) is 0.779. The van der Waals surface area contributed by atoms with Gasteiger partial charge in [0.05, 0.1) is 17.9 Å². The Kier molecular flexibility index (Phi) is 4.71. The summed E-state index contributed by atoms with van der Waals surface area (Å²) in [6.07, 6.45) is 4.17. The van der Waals surface area contributed by atoms with Crippen molar-refractivity contribution in [2.24, 2.45) is 0 Å². The first kappa shape index (κ1) is 14.2. The Hall–Kier alpha value is -1.20. The molecule has 0 saturated heterocycles. The second-order valence-electron chi connectivity index (χ2n) is 4.58. The first-order chi connectivity index (χ1) is 9.19. The maximum atomic E-state index is 11.6. The lowest BCUT2D eigenvalue weighted by atomic mass is 10.1. The number of ether oxygens (including phenoxy) is 1. The number of aromatic carboxylic acids is 1. The van der Waals surface area contributed by atoms with Crippen LogP contribution >= 0.6 is 11.8 Å². The van der Waals surface area contributed by atoms with Gasteiger partial charge in [0, 0.05) is 24.6 Å². The summed E-state index contributed by atoms with van der Waals surface area (Å²) < 4.78 is 5.13. The Balaban J connectivity index is 2.37. The maximum Gasteiger partial charge on any atom is 0.338 e. The van der Waals surface area contributed by atoms with Crippen LogP contribution in [0.4, 0.5) is 5.69 Å². The van der Waals surface area contributed by atoms with Gasteiger partial charge in [0.25, 0.3) is 0 Å². The number of hydrogen-bond donors (Lipinski definition) is 1. The SMILES string of the molecule is COCCN(c1cccc(SC)c1C(=O)O)C1CC1. The van der Waals surface area contributed by atoms with Crippen molar-refractivity contribution in [3.8, 4) is 0 Å². The highest BCUT2D eigenvalue weighted by Gasteiger charge is 2.31. The monoisotopic (exact) mass is 281 g/mol. The lowest BCUT2D eigenvalue weighted by Gasteiger charge is -2.26. The van der Waals surface area contributed by atoms with Crippen LogP contribution in [-0.4, -0.2) is 43.6 Å². The van der Waals surface area contributed by atoms with Crippen LogP contribution in [0.25, 0.3) is 0 Å². The molecule has 104 valence electrons. The fourth-order valence-corrected chi connectivity index (χ4v) is 2.83. The Morgan fingerprint density at radius 1 is 1.53 bits per heavy atom. The molecule has 1 N–H and O–H groups in total. The predicted molar refractivity (Wildman–Crippen MR) is 77.4 cm³/mol. The molecular weight excluding hydrogens is 262 g/mol. The van der Waals surface area contributed by atoms with Gasteiger partial charge in [-0.25, -0.2) is 4.79 Å². The van der Waals surface area contributed by atoms with Crippen LogP contribution in [0, 0.1) is 0 Å². The van der Waals surface area contributed by atoms with Crippen LogP contribution < -0.4 is 4.90 Å². The van der Waals surface area contributed by atoms with Crippen LogP contribution in [-0.2, 0) is 4.74 Å². The zero-order valence-electron chi connectivity index (χ0n) is 11.3. The van der Waals surface area contributed by atoms with Gasteiger partial charge in [0.2, 0.25) is 0 Å². The molecule has 0 amide bonds. The number of carbonyl (C=O) groups is 1. The zero-order valence-corrected chi connectivity index (χ0v) is 12.1. The van der Waals surface area contributed by atoms with Crippen molar-refractivity contribution in [3.05, 3.63) is 23.8 Å². The van der Waals surface area contributed by atoms with E-state index in [4.69, 9.17) is 4.74 Å². The zero-order chi connectivity index (χ0) is 13.8. The van der Waals surface area contributed by atoms with Crippen molar-refractivity contribution in [2.45, 2.75) is 23.8 Å². The molecule has 1 aliphatic rings. The molecule has 0 aromatic heterocycles. The fourth-order valence-electron chi connectivity index (χ4n) is 2.22. The third-order valence-corrected chi connectivity index (χ3v) is 4.05. The Morgan fingerprint density at radius 3 is 2.79 bits per heavy atom. The van der Waals surface area contributed by atoms with E-state index in [0.717, 1.165) is 30.0 Å². The normalized spacial score (nSPS) is 14.4. The second-order valence-corrected chi connectivity index (χ2v) is 5.42. The molecule has 0 spiro atoms. The van der Waals surface area contributed by atoms with Gasteiger partial charge in [-0.05, 0) is 31.2 Å². The first-order valence-electron chi connectivity index (χ1n) is 6.35. The molecule has 1 aromatic rings. The van der Waals surface area contributed by atoms with E-state index < -0.39 is 5.97 Å². The number of thioether (sulfide) groups is 1. The number of anilines is 1. The predicted octanol–water partition coefficient (Wildman–Crippen LogP) is 2.72. The number of methoxy groups -OCH3 is 1. The molecule has 19 heavy (non-hydrogen) atoms. The number of carboxylic acids is 1. The van der Waals surface area contributed by atoms with Crippen molar-refractivity contribution in [3.63, 3.8) is 0 Å². The Bertz CT molecular complexity index is 460. The number of carboxylic acid groups (broad SMARTS) is 1. The summed E-state index contributed by atoms with van der Waals surface area (Å²) in [7, 11) is 1.67.